The van der Waals surface area contributed by atoms with Crippen molar-refractivity contribution < 1.29 is 13.0 Å². The fraction of sp³-hybridized carbons (Fsp3) is 0.727. The molecule has 158 valence electrons. The molecule has 0 saturated carbocycles. The van der Waals surface area contributed by atoms with E-state index in [1.807, 2.05) is 6.07 Å². The molecular formula is C22H41NO3S. The molecule has 0 unspecified atom stereocenters. The minimum absolute atomic E-state index is 0. The first-order chi connectivity index (χ1) is 12.6. The van der Waals surface area contributed by atoms with Gasteiger partial charge in [-0.2, -0.15) is 8.42 Å². The lowest BCUT2D eigenvalue weighted by Gasteiger charge is -2.07. The molecule has 27 heavy (non-hydrogen) atoms. The van der Waals surface area contributed by atoms with E-state index in [9.17, 15) is 13.0 Å². The van der Waals surface area contributed by atoms with Gasteiger partial charge < -0.3 is 6.15 Å². The number of hydrogen-bond donors (Lipinski definition) is 2. The first kappa shape index (κ1) is 26.1. The van der Waals surface area contributed by atoms with Crippen LogP contribution in [0.15, 0.2) is 29.2 Å². The van der Waals surface area contributed by atoms with E-state index >= 15 is 0 Å². The maximum atomic E-state index is 11.4. The van der Waals surface area contributed by atoms with Crippen LogP contribution < -0.4 is 6.15 Å². The third-order valence-electron chi connectivity index (χ3n) is 5.05. The summed E-state index contributed by atoms with van der Waals surface area (Å²) < 4.78 is 32.0. The quantitative estimate of drug-likeness (QED) is 0.229. The van der Waals surface area contributed by atoms with Crippen LogP contribution in [0.1, 0.15) is 102 Å². The highest BCUT2D eigenvalue weighted by Crippen LogP contribution is 2.18. The molecule has 1 aromatic rings. The van der Waals surface area contributed by atoms with E-state index in [-0.39, 0.29) is 11.0 Å². The van der Waals surface area contributed by atoms with E-state index < -0.39 is 10.1 Å². The third-order valence-corrected chi connectivity index (χ3v) is 6.00. The normalized spacial score (nSPS) is 11.3. The minimum atomic E-state index is -4.10. The predicted octanol–water partition coefficient (Wildman–Crippen LogP) is 7.12. The topological polar surface area (TPSA) is 89.4 Å². The Bertz CT molecular complexity index is 573. The van der Waals surface area contributed by atoms with Crippen molar-refractivity contribution in [1.29, 1.82) is 0 Å². The van der Waals surface area contributed by atoms with Gasteiger partial charge in [0.1, 0.15) is 0 Å². The molecule has 0 aliphatic heterocycles. The molecular weight excluding hydrogens is 358 g/mol. The molecule has 0 spiro atoms. The van der Waals surface area contributed by atoms with Gasteiger partial charge in [0.05, 0.1) is 4.90 Å². The van der Waals surface area contributed by atoms with Crippen molar-refractivity contribution in [2.24, 2.45) is 0 Å². The lowest BCUT2D eigenvalue weighted by Crippen LogP contribution is -2.03. The van der Waals surface area contributed by atoms with Crippen LogP contribution in [0.5, 0.6) is 0 Å². The van der Waals surface area contributed by atoms with Crippen LogP contribution in [0.2, 0.25) is 0 Å². The van der Waals surface area contributed by atoms with Crippen LogP contribution >= 0.6 is 0 Å². The zero-order valence-electron chi connectivity index (χ0n) is 17.3. The highest BCUT2D eigenvalue weighted by atomic mass is 32.2. The van der Waals surface area contributed by atoms with Gasteiger partial charge >= 0.3 is 0 Å². The van der Waals surface area contributed by atoms with E-state index in [1.165, 1.54) is 83.1 Å². The highest BCUT2D eigenvalue weighted by Gasteiger charge is 2.13. The Hall–Kier alpha value is -0.910. The summed E-state index contributed by atoms with van der Waals surface area (Å²) in [5.41, 5.74) is 0.730. The first-order valence-corrected chi connectivity index (χ1v) is 12.0. The summed E-state index contributed by atoms with van der Waals surface area (Å²) >= 11 is 0. The van der Waals surface area contributed by atoms with Crippen molar-refractivity contribution >= 4 is 10.1 Å². The van der Waals surface area contributed by atoms with Crippen molar-refractivity contribution in [2.75, 3.05) is 0 Å². The Kier molecular flexibility index (Phi) is 15.5. The van der Waals surface area contributed by atoms with Gasteiger partial charge in [-0.15, -0.1) is 0 Å². The second-order valence-electron chi connectivity index (χ2n) is 7.43. The molecule has 1 aromatic carbocycles. The molecule has 0 fully saturated rings. The number of hydrogen-bond acceptors (Lipinski definition) is 3. The summed E-state index contributed by atoms with van der Waals surface area (Å²) in [4.78, 5) is 0.0645. The van der Waals surface area contributed by atoms with Gasteiger partial charge in [0.25, 0.3) is 10.1 Å². The number of rotatable bonds is 16. The van der Waals surface area contributed by atoms with Crippen molar-refractivity contribution in [2.45, 2.75) is 108 Å². The van der Waals surface area contributed by atoms with E-state index in [0.717, 1.165) is 18.4 Å². The molecule has 4 N–H and O–H groups in total. The summed E-state index contributed by atoms with van der Waals surface area (Å²) in [7, 11) is -4.10. The van der Waals surface area contributed by atoms with Crippen molar-refractivity contribution in [1.82, 2.24) is 6.15 Å². The van der Waals surface area contributed by atoms with Gasteiger partial charge in [-0.05, 0) is 24.5 Å². The van der Waals surface area contributed by atoms with Crippen LogP contribution in [-0.2, 0) is 16.5 Å². The Morgan fingerprint density at radius 2 is 1.11 bits per heavy atom. The average molecular weight is 400 g/mol. The Morgan fingerprint density at radius 3 is 1.56 bits per heavy atom. The first-order valence-electron chi connectivity index (χ1n) is 10.6. The smallest absolute Gasteiger partial charge is 0.294 e. The molecule has 0 aliphatic carbocycles. The average Bonchev–Trinajstić information content (AvgIpc) is 2.61. The summed E-state index contributed by atoms with van der Waals surface area (Å²) in [5, 5.41) is 0. The summed E-state index contributed by atoms with van der Waals surface area (Å²) in [6, 6.07) is 6.76. The molecule has 0 radical (unpaired) electrons. The zero-order chi connectivity index (χ0) is 19.1. The number of aryl methyl sites for hydroxylation is 1. The van der Waals surface area contributed by atoms with Crippen LogP contribution in [0.4, 0.5) is 0 Å². The van der Waals surface area contributed by atoms with Gasteiger partial charge in [0.2, 0.25) is 0 Å². The molecule has 0 bridgehead atoms. The Morgan fingerprint density at radius 1 is 0.704 bits per heavy atom. The zero-order valence-corrected chi connectivity index (χ0v) is 18.1. The molecule has 0 saturated heterocycles. The van der Waals surface area contributed by atoms with Crippen LogP contribution in [-0.4, -0.2) is 13.0 Å². The van der Waals surface area contributed by atoms with E-state index in [2.05, 4.69) is 6.92 Å². The minimum Gasteiger partial charge on any atom is -0.344 e. The van der Waals surface area contributed by atoms with Crippen molar-refractivity contribution in [3.8, 4) is 0 Å². The second kappa shape index (κ2) is 16.1. The van der Waals surface area contributed by atoms with Gasteiger partial charge in [-0.1, -0.05) is 109 Å². The molecule has 0 aliphatic rings. The van der Waals surface area contributed by atoms with E-state index in [0.29, 0.717) is 6.42 Å². The standard InChI is InChI=1S/C22H38O3S.H3N/c1-2-3-4-5-6-7-8-9-10-11-12-13-14-15-18-21-19-16-17-20-22(21)26(23,24)25;/h16-17,19-20H,2-15,18H2,1H3,(H,23,24,25);1H3. The molecule has 5 heteroatoms. The maximum absolute atomic E-state index is 11.4. The maximum Gasteiger partial charge on any atom is 0.294 e. The largest absolute Gasteiger partial charge is 0.344 e. The molecule has 4 nitrogen and oxygen atoms in total. The highest BCUT2D eigenvalue weighted by molar-refractivity contribution is 7.85. The molecule has 0 atom stereocenters. The summed E-state index contributed by atoms with van der Waals surface area (Å²) in [6.07, 6.45) is 19.1. The number of unbranched alkanes of at least 4 members (excludes halogenated alkanes) is 13. The fourth-order valence-electron chi connectivity index (χ4n) is 3.47. The van der Waals surface area contributed by atoms with Gasteiger partial charge in [-0.3, -0.25) is 4.55 Å². The molecule has 0 amide bonds. The molecule has 1 rings (SSSR count). The monoisotopic (exact) mass is 399 g/mol. The lowest BCUT2D eigenvalue weighted by molar-refractivity contribution is 0.481. The summed E-state index contributed by atoms with van der Waals surface area (Å²) in [6.45, 7) is 2.26. The van der Waals surface area contributed by atoms with Crippen LogP contribution in [0, 0.1) is 0 Å². The predicted molar refractivity (Wildman–Crippen MR) is 115 cm³/mol. The Balaban J connectivity index is 0.00000676. The van der Waals surface area contributed by atoms with Gasteiger partial charge in [-0.25, -0.2) is 0 Å². The SMILES string of the molecule is CCCCCCCCCCCCCCCCc1ccccc1S(=O)(=O)O.N. The second-order valence-corrected chi connectivity index (χ2v) is 8.82. The van der Waals surface area contributed by atoms with Gasteiger partial charge in [0.15, 0.2) is 0 Å². The van der Waals surface area contributed by atoms with Crippen molar-refractivity contribution in [3.63, 3.8) is 0 Å². The van der Waals surface area contributed by atoms with Gasteiger partial charge in [0, 0.05) is 0 Å². The lowest BCUT2D eigenvalue weighted by atomic mass is 10.0. The third kappa shape index (κ3) is 13.0. The van der Waals surface area contributed by atoms with Crippen LogP contribution in [0.25, 0.3) is 0 Å². The van der Waals surface area contributed by atoms with E-state index in [1.54, 1.807) is 12.1 Å². The van der Waals surface area contributed by atoms with Crippen LogP contribution in [0.3, 0.4) is 0 Å². The summed E-state index contributed by atoms with van der Waals surface area (Å²) in [5.74, 6) is 0. The molecule has 0 aromatic heterocycles. The van der Waals surface area contributed by atoms with Crippen molar-refractivity contribution in [3.05, 3.63) is 29.8 Å². The molecule has 0 heterocycles. The number of benzene rings is 1. The fourth-order valence-corrected chi connectivity index (χ4v) is 4.22. The van der Waals surface area contributed by atoms with E-state index in [4.69, 9.17) is 0 Å². The Labute approximate surface area is 167 Å².